The van der Waals surface area contributed by atoms with E-state index in [-0.39, 0.29) is 5.92 Å². The monoisotopic (exact) mass is 248 g/mol. The van der Waals surface area contributed by atoms with Crippen molar-refractivity contribution in [2.24, 2.45) is 5.73 Å². The predicted molar refractivity (Wildman–Crippen MR) is 71.9 cm³/mol. The fraction of sp³-hybridized carbons (Fsp3) is 0.500. The van der Waals surface area contributed by atoms with Crippen LogP contribution in [0.5, 0.6) is 0 Å². The molecular formula is C14H20N2O2. The van der Waals surface area contributed by atoms with E-state index < -0.39 is 11.5 Å². The Labute approximate surface area is 107 Å². The van der Waals surface area contributed by atoms with Crippen LogP contribution in [0.25, 0.3) is 0 Å². The van der Waals surface area contributed by atoms with Crippen molar-refractivity contribution < 1.29 is 9.90 Å². The van der Waals surface area contributed by atoms with Gasteiger partial charge in [0.05, 0.1) is 0 Å². The number of aliphatic carboxylic acids is 1. The minimum absolute atomic E-state index is 0.0410. The van der Waals surface area contributed by atoms with E-state index in [4.69, 9.17) is 10.8 Å². The number of hydrogen-bond donors (Lipinski definition) is 2. The minimum atomic E-state index is -1.04. The van der Waals surface area contributed by atoms with E-state index in [1.165, 1.54) is 5.69 Å². The largest absolute Gasteiger partial charge is 0.480 e. The topological polar surface area (TPSA) is 66.6 Å². The van der Waals surface area contributed by atoms with Crippen LogP contribution >= 0.6 is 0 Å². The van der Waals surface area contributed by atoms with Crippen LogP contribution in [0.4, 0.5) is 5.69 Å². The van der Waals surface area contributed by atoms with Gasteiger partial charge in [0, 0.05) is 24.7 Å². The first-order valence-electron chi connectivity index (χ1n) is 6.40. The summed E-state index contributed by atoms with van der Waals surface area (Å²) in [6, 6.07) is 8.08. The minimum Gasteiger partial charge on any atom is -0.480 e. The Hall–Kier alpha value is -1.55. The van der Waals surface area contributed by atoms with Gasteiger partial charge >= 0.3 is 5.97 Å². The lowest BCUT2D eigenvalue weighted by Crippen LogP contribution is -2.34. The highest BCUT2D eigenvalue weighted by Gasteiger charge is 2.58. The zero-order chi connectivity index (χ0) is 13.3. The molecule has 1 aromatic carbocycles. The molecule has 4 nitrogen and oxygen atoms in total. The van der Waals surface area contributed by atoms with Crippen molar-refractivity contribution in [1.29, 1.82) is 0 Å². The van der Waals surface area contributed by atoms with Crippen LogP contribution in [0.2, 0.25) is 0 Å². The molecule has 0 heterocycles. The zero-order valence-corrected chi connectivity index (χ0v) is 10.9. The lowest BCUT2D eigenvalue weighted by Gasteiger charge is -2.21. The van der Waals surface area contributed by atoms with E-state index in [2.05, 4.69) is 18.7 Å². The number of anilines is 1. The third-order valence-electron chi connectivity index (χ3n) is 3.83. The molecular weight excluding hydrogens is 228 g/mol. The second-order valence-electron chi connectivity index (χ2n) is 4.87. The lowest BCUT2D eigenvalue weighted by molar-refractivity contribution is -0.139. The number of rotatable bonds is 5. The summed E-state index contributed by atoms with van der Waals surface area (Å²) >= 11 is 0. The molecule has 3 N–H and O–H groups in total. The molecule has 0 unspecified atom stereocenters. The van der Waals surface area contributed by atoms with E-state index in [1.807, 2.05) is 24.3 Å². The van der Waals surface area contributed by atoms with Crippen molar-refractivity contribution in [2.75, 3.05) is 18.0 Å². The molecule has 0 radical (unpaired) electrons. The number of carbonyl (C=O) groups is 1. The van der Waals surface area contributed by atoms with Crippen LogP contribution in [0, 0.1) is 0 Å². The van der Waals surface area contributed by atoms with Crippen molar-refractivity contribution in [3.8, 4) is 0 Å². The second-order valence-corrected chi connectivity index (χ2v) is 4.87. The molecule has 1 aliphatic carbocycles. The fourth-order valence-electron chi connectivity index (χ4n) is 2.44. The van der Waals surface area contributed by atoms with Crippen molar-refractivity contribution in [3.63, 3.8) is 0 Å². The van der Waals surface area contributed by atoms with E-state index >= 15 is 0 Å². The highest BCUT2D eigenvalue weighted by Crippen LogP contribution is 2.49. The maximum atomic E-state index is 11.0. The van der Waals surface area contributed by atoms with Crippen LogP contribution in [0.3, 0.4) is 0 Å². The van der Waals surface area contributed by atoms with Crippen LogP contribution in [-0.4, -0.2) is 29.7 Å². The highest BCUT2D eigenvalue weighted by molar-refractivity contribution is 5.85. The molecule has 98 valence electrons. The van der Waals surface area contributed by atoms with Gasteiger partial charge in [-0.05, 0) is 38.0 Å². The number of carboxylic acid groups (broad SMARTS) is 1. The summed E-state index contributed by atoms with van der Waals surface area (Å²) in [5.74, 6) is -0.943. The molecule has 0 amide bonds. The summed E-state index contributed by atoms with van der Waals surface area (Å²) in [7, 11) is 0. The lowest BCUT2D eigenvalue weighted by atomic mass is 10.1. The molecule has 2 atom stereocenters. The first kappa shape index (κ1) is 12.9. The SMILES string of the molecule is CCN(CC)c1ccc([C@H]2C[C@@]2(N)C(=O)O)cc1. The van der Waals surface area contributed by atoms with Crippen molar-refractivity contribution in [1.82, 2.24) is 0 Å². The number of carboxylic acids is 1. The number of hydrogen-bond acceptors (Lipinski definition) is 3. The smallest absolute Gasteiger partial charge is 0.324 e. The van der Waals surface area contributed by atoms with Gasteiger partial charge in [-0.25, -0.2) is 0 Å². The molecule has 1 aromatic rings. The standard InChI is InChI=1S/C14H20N2O2/c1-3-16(4-2)11-7-5-10(6-8-11)12-9-14(12,15)13(17)18/h5-8,12H,3-4,9,15H2,1-2H3,(H,17,18)/t12-,14+/m1/s1. The summed E-state index contributed by atoms with van der Waals surface area (Å²) in [6.45, 7) is 6.17. The first-order chi connectivity index (χ1) is 8.52. The summed E-state index contributed by atoms with van der Waals surface area (Å²) in [4.78, 5) is 13.3. The van der Waals surface area contributed by atoms with E-state index in [1.54, 1.807) is 0 Å². The summed E-state index contributed by atoms with van der Waals surface area (Å²) < 4.78 is 0. The molecule has 1 fully saturated rings. The summed E-state index contributed by atoms with van der Waals surface area (Å²) in [5.41, 5.74) is 6.95. The molecule has 1 saturated carbocycles. The molecule has 2 rings (SSSR count). The molecule has 0 aromatic heterocycles. The van der Waals surface area contributed by atoms with Gasteiger partial charge in [0.25, 0.3) is 0 Å². The molecule has 18 heavy (non-hydrogen) atoms. The van der Waals surface area contributed by atoms with Gasteiger partial charge in [-0.15, -0.1) is 0 Å². The van der Waals surface area contributed by atoms with Crippen molar-refractivity contribution in [3.05, 3.63) is 29.8 Å². The molecule has 0 saturated heterocycles. The Balaban J connectivity index is 2.13. The Morgan fingerprint density at radius 1 is 1.39 bits per heavy atom. The highest BCUT2D eigenvalue weighted by atomic mass is 16.4. The third kappa shape index (κ3) is 2.08. The van der Waals surface area contributed by atoms with Gasteiger partial charge < -0.3 is 15.7 Å². The van der Waals surface area contributed by atoms with Gasteiger partial charge in [-0.3, -0.25) is 4.79 Å². The van der Waals surface area contributed by atoms with Crippen molar-refractivity contribution in [2.45, 2.75) is 31.7 Å². The van der Waals surface area contributed by atoms with Crippen LogP contribution in [-0.2, 0) is 4.79 Å². The maximum Gasteiger partial charge on any atom is 0.324 e. The fourth-order valence-corrected chi connectivity index (χ4v) is 2.44. The molecule has 0 spiro atoms. The maximum absolute atomic E-state index is 11.0. The van der Waals surface area contributed by atoms with E-state index in [0.717, 1.165) is 18.7 Å². The Bertz CT molecular complexity index is 440. The number of nitrogens with zero attached hydrogens (tertiary/aromatic N) is 1. The van der Waals surface area contributed by atoms with E-state index in [0.29, 0.717) is 6.42 Å². The Morgan fingerprint density at radius 2 is 1.94 bits per heavy atom. The van der Waals surface area contributed by atoms with Gasteiger partial charge in [0.1, 0.15) is 5.54 Å². The van der Waals surface area contributed by atoms with Gasteiger partial charge in [-0.2, -0.15) is 0 Å². The summed E-state index contributed by atoms with van der Waals surface area (Å²) in [5, 5.41) is 9.03. The number of benzene rings is 1. The van der Waals surface area contributed by atoms with Gasteiger partial charge in [0.2, 0.25) is 0 Å². The normalized spacial score (nSPS) is 25.8. The Kier molecular flexibility index (Phi) is 3.30. The van der Waals surface area contributed by atoms with Gasteiger partial charge in [-0.1, -0.05) is 12.1 Å². The average Bonchev–Trinajstić information content (AvgIpc) is 3.06. The van der Waals surface area contributed by atoms with Crippen LogP contribution in [0.15, 0.2) is 24.3 Å². The Morgan fingerprint density at radius 3 is 2.33 bits per heavy atom. The first-order valence-corrected chi connectivity index (χ1v) is 6.40. The van der Waals surface area contributed by atoms with E-state index in [9.17, 15) is 4.79 Å². The van der Waals surface area contributed by atoms with Crippen LogP contribution < -0.4 is 10.6 Å². The molecule has 0 bridgehead atoms. The third-order valence-corrected chi connectivity index (χ3v) is 3.83. The molecule has 0 aliphatic heterocycles. The summed E-state index contributed by atoms with van der Waals surface area (Å²) in [6.07, 6.45) is 0.535. The average molecular weight is 248 g/mol. The second kappa shape index (κ2) is 4.61. The molecule has 1 aliphatic rings. The predicted octanol–water partition coefficient (Wildman–Crippen LogP) is 1.80. The number of nitrogens with two attached hydrogens (primary N) is 1. The quantitative estimate of drug-likeness (QED) is 0.834. The van der Waals surface area contributed by atoms with Gasteiger partial charge in [0.15, 0.2) is 0 Å². The van der Waals surface area contributed by atoms with Crippen LogP contribution in [0.1, 0.15) is 31.7 Å². The molecule has 4 heteroatoms. The van der Waals surface area contributed by atoms with Crippen molar-refractivity contribution >= 4 is 11.7 Å². The zero-order valence-electron chi connectivity index (χ0n) is 10.9.